The predicted octanol–water partition coefficient (Wildman–Crippen LogP) is 2.18. The highest BCUT2D eigenvalue weighted by molar-refractivity contribution is 5.77. The second-order valence-electron chi connectivity index (χ2n) is 4.66. The molecule has 0 radical (unpaired) electrons. The molecule has 0 aliphatic carbocycles. The van der Waals surface area contributed by atoms with Gasteiger partial charge in [-0.3, -0.25) is 9.59 Å². The molecule has 0 fully saturated rings. The highest BCUT2D eigenvalue weighted by Crippen LogP contribution is 2.16. The standard InChI is InChI=1S/C16H23NO4/c1-4-17(11-9-16(19)20-3)15(18)10-12-21-14-8-6-5-7-13(14)2/h5-8H,4,9-12H2,1-3H3. The molecule has 0 saturated carbocycles. The summed E-state index contributed by atoms with van der Waals surface area (Å²) in [5, 5.41) is 0. The first-order valence-electron chi connectivity index (χ1n) is 7.11. The molecule has 5 nitrogen and oxygen atoms in total. The number of methoxy groups -OCH3 is 1. The third kappa shape index (κ3) is 5.85. The normalized spacial score (nSPS) is 10.0. The number of rotatable bonds is 8. The van der Waals surface area contributed by atoms with Gasteiger partial charge >= 0.3 is 5.97 Å². The smallest absolute Gasteiger partial charge is 0.307 e. The topological polar surface area (TPSA) is 55.8 Å². The first-order chi connectivity index (χ1) is 10.1. The summed E-state index contributed by atoms with van der Waals surface area (Å²) in [5.74, 6) is 0.468. The van der Waals surface area contributed by atoms with Gasteiger partial charge in [0, 0.05) is 13.1 Å². The van der Waals surface area contributed by atoms with Crippen molar-refractivity contribution in [2.24, 2.45) is 0 Å². The van der Waals surface area contributed by atoms with Gasteiger partial charge < -0.3 is 14.4 Å². The van der Waals surface area contributed by atoms with Gasteiger partial charge in [-0.15, -0.1) is 0 Å². The molecule has 0 spiro atoms. The molecule has 5 heteroatoms. The van der Waals surface area contributed by atoms with E-state index in [4.69, 9.17) is 4.74 Å². The third-order valence-electron chi connectivity index (χ3n) is 3.22. The molecule has 1 amide bonds. The summed E-state index contributed by atoms with van der Waals surface area (Å²) >= 11 is 0. The number of esters is 1. The lowest BCUT2D eigenvalue weighted by molar-refractivity contribution is -0.141. The molecule has 0 heterocycles. The number of benzene rings is 1. The second-order valence-corrected chi connectivity index (χ2v) is 4.66. The minimum Gasteiger partial charge on any atom is -0.493 e. The molecule has 0 saturated heterocycles. The minimum absolute atomic E-state index is 0.0185. The fourth-order valence-electron chi connectivity index (χ4n) is 1.91. The summed E-state index contributed by atoms with van der Waals surface area (Å²) in [7, 11) is 1.34. The molecule has 0 unspecified atom stereocenters. The Morgan fingerprint density at radius 2 is 1.90 bits per heavy atom. The summed E-state index contributed by atoms with van der Waals surface area (Å²) in [6.45, 7) is 5.13. The largest absolute Gasteiger partial charge is 0.493 e. The van der Waals surface area contributed by atoms with Crippen molar-refractivity contribution in [2.45, 2.75) is 26.7 Å². The monoisotopic (exact) mass is 293 g/mol. The number of hydrogen-bond donors (Lipinski definition) is 0. The van der Waals surface area contributed by atoms with Crippen molar-refractivity contribution >= 4 is 11.9 Å². The maximum atomic E-state index is 12.0. The van der Waals surface area contributed by atoms with Gasteiger partial charge in [0.2, 0.25) is 5.91 Å². The second kappa shape index (κ2) is 9.00. The lowest BCUT2D eigenvalue weighted by Crippen LogP contribution is -2.33. The van der Waals surface area contributed by atoms with Crippen LogP contribution in [0.25, 0.3) is 0 Å². The van der Waals surface area contributed by atoms with Crippen molar-refractivity contribution in [2.75, 3.05) is 26.8 Å². The quantitative estimate of drug-likeness (QED) is 0.689. The van der Waals surface area contributed by atoms with E-state index in [2.05, 4.69) is 4.74 Å². The Bertz CT molecular complexity index is 473. The van der Waals surface area contributed by atoms with Crippen molar-refractivity contribution < 1.29 is 19.1 Å². The van der Waals surface area contributed by atoms with E-state index in [0.29, 0.717) is 26.1 Å². The molecule has 0 aliphatic rings. The zero-order valence-corrected chi connectivity index (χ0v) is 12.9. The fraction of sp³-hybridized carbons (Fsp3) is 0.500. The lowest BCUT2D eigenvalue weighted by atomic mass is 10.2. The van der Waals surface area contributed by atoms with Crippen LogP contribution in [0.5, 0.6) is 5.75 Å². The molecule has 0 atom stereocenters. The molecular weight excluding hydrogens is 270 g/mol. The van der Waals surface area contributed by atoms with Gasteiger partial charge in [0.1, 0.15) is 5.75 Å². The van der Waals surface area contributed by atoms with Crippen LogP contribution >= 0.6 is 0 Å². The molecule has 1 aromatic carbocycles. The summed E-state index contributed by atoms with van der Waals surface area (Å²) in [6.07, 6.45) is 0.512. The average molecular weight is 293 g/mol. The summed E-state index contributed by atoms with van der Waals surface area (Å²) in [4.78, 5) is 24.8. The number of aryl methyl sites for hydroxylation is 1. The van der Waals surface area contributed by atoms with Crippen molar-refractivity contribution in [3.63, 3.8) is 0 Å². The minimum atomic E-state index is -0.308. The van der Waals surface area contributed by atoms with E-state index in [1.807, 2.05) is 38.1 Å². The Kier molecular flexibility index (Phi) is 7.29. The van der Waals surface area contributed by atoms with Crippen LogP contribution in [0.1, 0.15) is 25.3 Å². The number of ether oxygens (including phenoxy) is 2. The number of carbonyl (C=O) groups excluding carboxylic acids is 2. The van der Waals surface area contributed by atoms with E-state index < -0.39 is 0 Å². The van der Waals surface area contributed by atoms with Crippen molar-refractivity contribution in [1.29, 1.82) is 0 Å². The summed E-state index contributed by atoms with van der Waals surface area (Å²) in [5.41, 5.74) is 1.04. The van der Waals surface area contributed by atoms with Crippen LogP contribution in [0.2, 0.25) is 0 Å². The van der Waals surface area contributed by atoms with E-state index in [-0.39, 0.29) is 18.3 Å². The van der Waals surface area contributed by atoms with Crippen molar-refractivity contribution in [3.05, 3.63) is 29.8 Å². The van der Waals surface area contributed by atoms with Crippen LogP contribution in [-0.4, -0.2) is 43.6 Å². The molecule has 1 rings (SSSR count). The van der Waals surface area contributed by atoms with Gasteiger partial charge in [-0.05, 0) is 25.5 Å². The lowest BCUT2D eigenvalue weighted by Gasteiger charge is -2.20. The Balaban J connectivity index is 2.37. The number of amides is 1. The molecule has 116 valence electrons. The van der Waals surface area contributed by atoms with Crippen LogP contribution in [0.3, 0.4) is 0 Å². The number of carbonyl (C=O) groups is 2. The maximum absolute atomic E-state index is 12.0. The van der Waals surface area contributed by atoms with E-state index in [1.54, 1.807) is 4.90 Å². The Labute approximate surface area is 125 Å². The van der Waals surface area contributed by atoms with Crippen LogP contribution in [0.15, 0.2) is 24.3 Å². The van der Waals surface area contributed by atoms with Crippen molar-refractivity contribution in [1.82, 2.24) is 4.90 Å². The van der Waals surface area contributed by atoms with Gasteiger partial charge in [-0.2, -0.15) is 0 Å². The zero-order valence-electron chi connectivity index (χ0n) is 12.9. The van der Waals surface area contributed by atoms with E-state index in [9.17, 15) is 9.59 Å². The molecular formula is C16H23NO4. The van der Waals surface area contributed by atoms with Crippen LogP contribution in [0, 0.1) is 6.92 Å². The fourth-order valence-corrected chi connectivity index (χ4v) is 1.91. The van der Waals surface area contributed by atoms with Gasteiger partial charge in [-0.25, -0.2) is 0 Å². The van der Waals surface area contributed by atoms with Gasteiger partial charge in [0.15, 0.2) is 0 Å². The van der Waals surface area contributed by atoms with Crippen LogP contribution in [-0.2, 0) is 14.3 Å². The average Bonchev–Trinajstić information content (AvgIpc) is 2.49. The molecule has 0 aliphatic heterocycles. The van der Waals surface area contributed by atoms with Crippen LogP contribution in [0.4, 0.5) is 0 Å². The molecule has 21 heavy (non-hydrogen) atoms. The van der Waals surface area contributed by atoms with Gasteiger partial charge in [-0.1, -0.05) is 18.2 Å². The molecule has 1 aromatic rings. The highest BCUT2D eigenvalue weighted by atomic mass is 16.5. The Hall–Kier alpha value is -2.04. The summed E-state index contributed by atoms with van der Waals surface area (Å²) < 4.78 is 10.2. The highest BCUT2D eigenvalue weighted by Gasteiger charge is 2.13. The van der Waals surface area contributed by atoms with Gasteiger partial charge in [0.05, 0.1) is 26.6 Å². The van der Waals surface area contributed by atoms with Crippen molar-refractivity contribution in [3.8, 4) is 5.75 Å². The Morgan fingerprint density at radius 1 is 1.19 bits per heavy atom. The molecule has 0 aromatic heterocycles. The summed E-state index contributed by atoms with van der Waals surface area (Å²) in [6, 6.07) is 7.69. The molecule has 0 bridgehead atoms. The number of nitrogens with zero attached hydrogens (tertiary/aromatic N) is 1. The van der Waals surface area contributed by atoms with E-state index in [0.717, 1.165) is 11.3 Å². The van der Waals surface area contributed by atoms with E-state index in [1.165, 1.54) is 7.11 Å². The third-order valence-corrected chi connectivity index (χ3v) is 3.22. The zero-order chi connectivity index (χ0) is 15.7. The van der Waals surface area contributed by atoms with Crippen LogP contribution < -0.4 is 4.74 Å². The predicted molar refractivity (Wildman–Crippen MR) is 80.2 cm³/mol. The maximum Gasteiger partial charge on any atom is 0.307 e. The first kappa shape index (κ1) is 17.0. The van der Waals surface area contributed by atoms with Gasteiger partial charge in [0.25, 0.3) is 0 Å². The SMILES string of the molecule is CCN(CCC(=O)OC)C(=O)CCOc1ccccc1C. The number of hydrogen-bond acceptors (Lipinski definition) is 4. The molecule has 0 N–H and O–H groups in total. The Morgan fingerprint density at radius 3 is 2.52 bits per heavy atom. The number of para-hydroxylation sites is 1. The van der Waals surface area contributed by atoms with E-state index >= 15 is 0 Å². The first-order valence-corrected chi connectivity index (χ1v) is 7.11.